The van der Waals surface area contributed by atoms with Crippen molar-refractivity contribution in [1.82, 2.24) is 4.98 Å². The van der Waals surface area contributed by atoms with Crippen LogP contribution in [0.1, 0.15) is 46.5 Å². The molecule has 1 atom stereocenters. The summed E-state index contributed by atoms with van der Waals surface area (Å²) in [7, 11) is 1.53. The van der Waals surface area contributed by atoms with Gasteiger partial charge in [-0.25, -0.2) is 4.98 Å². The number of halogens is 1. The van der Waals surface area contributed by atoms with E-state index < -0.39 is 6.10 Å². The Morgan fingerprint density at radius 2 is 1.74 bits per heavy atom. The lowest BCUT2D eigenvalue weighted by Gasteiger charge is -2.22. The minimum absolute atomic E-state index is 0.0754. The number of ether oxygens (including phenoxy) is 3. The Kier molecular flexibility index (Phi) is 7.91. The predicted octanol–water partition coefficient (Wildman–Crippen LogP) is 5.56. The van der Waals surface area contributed by atoms with Gasteiger partial charge < -0.3 is 19.3 Å². The second kappa shape index (κ2) is 10.6. The average molecular weight is 442 g/mol. The van der Waals surface area contributed by atoms with E-state index in [9.17, 15) is 5.11 Å². The van der Waals surface area contributed by atoms with Crippen LogP contribution in [0, 0.1) is 13.8 Å². The van der Waals surface area contributed by atoms with Crippen LogP contribution in [0.3, 0.4) is 0 Å². The molecule has 5 nitrogen and oxygen atoms in total. The first-order valence-corrected chi connectivity index (χ1v) is 10.6. The van der Waals surface area contributed by atoms with Gasteiger partial charge in [0.2, 0.25) is 0 Å². The van der Waals surface area contributed by atoms with Gasteiger partial charge >= 0.3 is 0 Å². The molecule has 2 aromatic carbocycles. The molecule has 164 valence electrons. The van der Waals surface area contributed by atoms with E-state index in [2.05, 4.69) is 11.9 Å². The van der Waals surface area contributed by atoms with E-state index in [1.807, 2.05) is 50.2 Å². The monoisotopic (exact) mass is 441 g/mol. The molecule has 1 heterocycles. The van der Waals surface area contributed by atoms with Crippen molar-refractivity contribution in [3.05, 3.63) is 87.2 Å². The Bertz CT molecular complexity index is 1020. The van der Waals surface area contributed by atoms with E-state index in [0.717, 1.165) is 40.0 Å². The van der Waals surface area contributed by atoms with Crippen LogP contribution in [0.2, 0.25) is 5.15 Å². The van der Waals surface area contributed by atoms with Crippen molar-refractivity contribution in [3.8, 4) is 11.5 Å². The van der Waals surface area contributed by atoms with Gasteiger partial charge in [-0.15, -0.1) is 0 Å². The van der Waals surface area contributed by atoms with Gasteiger partial charge in [0.15, 0.2) is 17.7 Å². The normalized spacial score (nSPS) is 11.9. The van der Waals surface area contributed by atoms with Gasteiger partial charge in [0.05, 0.1) is 5.69 Å². The van der Waals surface area contributed by atoms with E-state index >= 15 is 0 Å². The molecule has 0 aliphatic heterocycles. The summed E-state index contributed by atoms with van der Waals surface area (Å²) in [6, 6.07) is 15.5. The minimum atomic E-state index is -0.911. The summed E-state index contributed by atoms with van der Waals surface area (Å²) >= 11 is 6.24. The second-order valence-electron chi connectivity index (χ2n) is 7.30. The molecule has 0 radical (unpaired) electrons. The smallest absolute Gasteiger partial charge is 0.188 e. The Hall–Kier alpha value is -2.60. The molecule has 1 aromatic heterocycles. The molecule has 3 rings (SSSR count). The average Bonchev–Trinajstić information content (AvgIpc) is 2.79. The first kappa shape index (κ1) is 23.1. The van der Waals surface area contributed by atoms with Gasteiger partial charge in [-0.1, -0.05) is 48.9 Å². The molecule has 1 N–H and O–H groups in total. The molecule has 0 saturated carbocycles. The van der Waals surface area contributed by atoms with Crippen molar-refractivity contribution in [2.45, 2.75) is 39.9 Å². The first-order chi connectivity index (χ1) is 15.0. The molecule has 3 aromatic rings. The van der Waals surface area contributed by atoms with Crippen LogP contribution in [0.15, 0.2) is 48.5 Å². The van der Waals surface area contributed by atoms with Crippen LogP contribution in [-0.4, -0.2) is 24.0 Å². The van der Waals surface area contributed by atoms with E-state index in [0.29, 0.717) is 18.1 Å². The fraction of sp³-hybridized carbons (Fsp3) is 0.320. The predicted molar refractivity (Wildman–Crippen MR) is 122 cm³/mol. The molecule has 0 saturated heterocycles. The summed E-state index contributed by atoms with van der Waals surface area (Å²) in [5.41, 5.74) is 5.39. The summed E-state index contributed by atoms with van der Waals surface area (Å²) in [6.45, 7) is 6.63. The minimum Gasteiger partial charge on any atom is -0.489 e. The fourth-order valence-electron chi connectivity index (χ4n) is 3.50. The molecule has 0 bridgehead atoms. The number of pyridine rings is 1. The zero-order chi connectivity index (χ0) is 22.4. The van der Waals surface area contributed by atoms with Crippen molar-refractivity contribution in [3.63, 3.8) is 0 Å². The number of methoxy groups -OCH3 is 1. The number of benzene rings is 2. The number of aryl methyl sites for hydroxylation is 1. The van der Waals surface area contributed by atoms with Crippen molar-refractivity contribution in [2.24, 2.45) is 0 Å². The number of aliphatic hydroxyl groups is 1. The third kappa shape index (κ3) is 5.37. The molecule has 6 heteroatoms. The van der Waals surface area contributed by atoms with Gasteiger partial charge in [-0.05, 0) is 66.3 Å². The molecule has 1 unspecified atom stereocenters. The maximum atomic E-state index is 11.2. The highest BCUT2D eigenvalue weighted by atomic mass is 35.5. The molecule has 31 heavy (non-hydrogen) atoms. The number of aliphatic hydroxyl groups excluding tert-OH is 1. The van der Waals surface area contributed by atoms with Gasteiger partial charge in [-0.3, -0.25) is 0 Å². The van der Waals surface area contributed by atoms with Gasteiger partial charge in [0.1, 0.15) is 18.5 Å². The summed E-state index contributed by atoms with van der Waals surface area (Å²) in [6.07, 6.45) is -0.163. The van der Waals surface area contributed by atoms with Crippen molar-refractivity contribution in [2.75, 3.05) is 13.9 Å². The van der Waals surface area contributed by atoms with Crippen LogP contribution >= 0.6 is 11.6 Å². The number of aromatic nitrogens is 1. The van der Waals surface area contributed by atoms with Crippen molar-refractivity contribution < 1.29 is 19.3 Å². The lowest BCUT2D eigenvalue weighted by molar-refractivity contribution is 0.0508. The quantitative estimate of drug-likeness (QED) is 0.348. The zero-order valence-electron chi connectivity index (χ0n) is 18.3. The van der Waals surface area contributed by atoms with E-state index in [1.165, 1.54) is 7.11 Å². The maximum absolute atomic E-state index is 11.2. The summed E-state index contributed by atoms with van der Waals surface area (Å²) in [5, 5.41) is 11.4. The molecule has 0 fully saturated rings. The highest BCUT2D eigenvalue weighted by molar-refractivity contribution is 6.30. The topological polar surface area (TPSA) is 60.8 Å². The Labute approximate surface area is 188 Å². The van der Waals surface area contributed by atoms with Crippen LogP contribution in [-0.2, 0) is 17.8 Å². The van der Waals surface area contributed by atoms with Gasteiger partial charge in [-0.2, -0.15) is 0 Å². The Morgan fingerprint density at radius 1 is 1.00 bits per heavy atom. The molecule has 0 aliphatic rings. The summed E-state index contributed by atoms with van der Waals surface area (Å²) in [4.78, 5) is 4.35. The molecule has 0 spiro atoms. The van der Waals surface area contributed by atoms with E-state index in [1.54, 1.807) is 12.1 Å². The summed E-state index contributed by atoms with van der Waals surface area (Å²) < 4.78 is 16.4. The number of hydrogen-bond acceptors (Lipinski definition) is 5. The van der Waals surface area contributed by atoms with Crippen LogP contribution in [0.25, 0.3) is 0 Å². The summed E-state index contributed by atoms with van der Waals surface area (Å²) in [5.74, 6) is 1.23. The highest BCUT2D eigenvalue weighted by Gasteiger charge is 2.22. The number of rotatable bonds is 9. The largest absolute Gasteiger partial charge is 0.489 e. The van der Waals surface area contributed by atoms with E-state index in [4.69, 9.17) is 25.8 Å². The fourth-order valence-corrected chi connectivity index (χ4v) is 3.71. The first-order valence-electron chi connectivity index (χ1n) is 10.2. The Morgan fingerprint density at radius 3 is 2.39 bits per heavy atom. The molecule has 0 amide bonds. The van der Waals surface area contributed by atoms with Gasteiger partial charge in [0.25, 0.3) is 0 Å². The highest BCUT2D eigenvalue weighted by Crippen LogP contribution is 2.36. The zero-order valence-corrected chi connectivity index (χ0v) is 19.1. The molecular formula is C25H28ClNO4. The lowest BCUT2D eigenvalue weighted by Crippen LogP contribution is -2.11. The van der Waals surface area contributed by atoms with Crippen LogP contribution < -0.4 is 9.47 Å². The van der Waals surface area contributed by atoms with Crippen molar-refractivity contribution >= 4 is 11.6 Å². The standard InChI is InChI=1S/C25H28ClNO4/c1-5-19-13-22(30-14-18-9-7-6-8-10-18)16(2)17(3)23(19)24(28)20-11-12-21(25(26)27-20)31-15-29-4/h6-13,24,28H,5,14-15H2,1-4H3. The third-order valence-corrected chi connectivity index (χ3v) is 5.60. The molecular weight excluding hydrogens is 414 g/mol. The number of nitrogens with zero attached hydrogens (tertiary/aromatic N) is 1. The van der Waals surface area contributed by atoms with Crippen LogP contribution in [0.5, 0.6) is 11.5 Å². The maximum Gasteiger partial charge on any atom is 0.188 e. The molecule has 0 aliphatic carbocycles. The van der Waals surface area contributed by atoms with Crippen LogP contribution in [0.4, 0.5) is 0 Å². The van der Waals surface area contributed by atoms with E-state index in [-0.39, 0.29) is 11.9 Å². The lowest BCUT2D eigenvalue weighted by atomic mass is 9.90. The number of hydrogen-bond donors (Lipinski definition) is 1. The van der Waals surface area contributed by atoms with Crippen molar-refractivity contribution in [1.29, 1.82) is 0 Å². The third-order valence-electron chi connectivity index (χ3n) is 5.33. The second-order valence-corrected chi connectivity index (χ2v) is 7.66. The Balaban J connectivity index is 1.90. The SMILES string of the molecule is CCc1cc(OCc2ccccc2)c(C)c(C)c1C(O)c1ccc(OCOC)c(Cl)n1. The van der Waals surface area contributed by atoms with Gasteiger partial charge in [0, 0.05) is 7.11 Å².